The summed E-state index contributed by atoms with van der Waals surface area (Å²) in [6.45, 7) is 8.43. The summed E-state index contributed by atoms with van der Waals surface area (Å²) in [5.41, 5.74) is 1.31. The molecule has 0 aliphatic carbocycles. The molecule has 2 aromatic carbocycles. The van der Waals surface area contributed by atoms with Gasteiger partial charge in [0.05, 0.1) is 19.3 Å². The van der Waals surface area contributed by atoms with Crippen LogP contribution < -0.4 is 15.0 Å². The van der Waals surface area contributed by atoms with E-state index in [1.165, 1.54) is 16.3 Å². The van der Waals surface area contributed by atoms with Crippen LogP contribution in [0, 0.1) is 0 Å². The van der Waals surface area contributed by atoms with Crippen molar-refractivity contribution in [2.24, 2.45) is 0 Å². The summed E-state index contributed by atoms with van der Waals surface area (Å²) in [4.78, 5) is 13.4. The number of hydrogen-bond acceptors (Lipinski definition) is 8. The van der Waals surface area contributed by atoms with Crippen molar-refractivity contribution < 1.29 is 9.47 Å². The topological polar surface area (TPSA) is 80.0 Å². The summed E-state index contributed by atoms with van der Waals surface area (Å²) < 4.78 is 13.7. The Hall–Kier alpha value is -3.27. The second-order valence-corrected chi connectivity index (χ2v) is 9.83. The first-order chi connectivity index (χ1) is 18.4. The first kappa shape index (κ1) is 24.1. The largest absolute Gasteiger partial charge is 0.491 e. The Bertz CT molecular complexity index is 1320. The van der Waals surface area contributed by atoms with Crippen molar-refractivity contribution in [2.45, 2.75) is 31.8 Å². The van der Waals surface area contributed by atoms with Crippen LogP contribution in [0.25, 0.3) is 16.6 Å². The molecule has 2 aromatic heterocycles. The second kappa shape index (κ2) is 11.4. The summed E-state index contributed by atoms with van der Waals surface area (Å²) in [5, 5.41) is 10.4. The quantitative estimate of drug-likeness (QED) is 0.332. The third-order valence-corrected chi connectivity index (χ3v) is 7.48. The van der Waals surface area contributed by atoms with E-state index in [4.69, 9.17) is 9.47 Å². The van der Waals surface area contributed by atoms with Crippen LogP contribution in [-0.4, -0.2) is 83.1 Å². The Morgan fingerprint density at radius 3 is 2.81 bits per heavy atom. The maximum Gasteiger partial charge on any atom is 0.254 e. The third kappa shape index (κ3) is 5.39. The van der Waals surface area contributed by atoms with Gasteiger partial charge in [-0.1, -0.05) is 30.3 Å². The first-order valence-corrected chi connectivity index (χ1v) is 13.4. The molecule has 9 heteroatoms. The molecule has 0 bridgehead atoms. The number of fused-ring (bicyclic) bond motifs is 2. The summed E-state index contributed by atoms with van der Waals surface area (Å²) in [7, 11) is 0. The zero-order valence-corrected chi connectivity index (χ0v) is 21.3. The van der Waals surface area contributed by atoms with Gasteiger partial charge in [0.25, 0.3) is 5.78 Å². The minimum atomic E-state index is 0.279. The molecule has 4 aromatic rings. The lowest BCUT2D eigenvalue weighted by molar-refractivity contribution is 0.0374. The van der Waals surface area contributed by atoms with Crippen LogP contribution in [0.5, 0.6) is 5.75 Å². The molecule has 37 heavy (non-hydrogen) atoms. The van der Waals surface area contributed by atoms with Crippen LogP contribution >= 0.6 is 0 Å². The van der Waals surface area contributed by atoms with Crippen molar-refractivity contribution in [3.63, 3.8) is 0 Å². The highest BCUT2D eigenvalue weighted by Gasteiger charge is 2.27. The predicted octanol–water partition coefficient (Wildman–Crippen LogP) is 3.14. The molecule has 194 valence electrons. The van der Waals surface area contributed by atoms with Crippen LogP contribution in [0.1, 0.15) is 24.8 Å². The summed E-state index contributed by atoms with van der Waals surface area (Å²) >= 11 is 0. The molecule has 0 radical (unpaired) electrons. The van der Waals surface area contributed by atoms with E-state index in [1.54, 1.807) is 12.5 Å². The average molecular weight is 502 g/mol. The maximum absolute atomic E-state index is 6.47. The van der Waals surface area contributed by atoms with E-state index in [0.29, 0.717) is 12.4 Å². The fourth-order valence-electron chi connectivity index (χ4n) is 5.53. The van der Waals surface area contributed by atoms with Gasteiger partial charge < -0.3 is 19.7 Å². The molecule has 1 atom stereocenters. The van der Waals surface area contributed by atoms with Gasteiger partial charge in [-0.25, -0.2) is 4.98 Å². The number of nitrogens with zero attached hydrogens (tertiary/aromatic N) is 6. The monoisotopic (exact) mass is 501 g/mol. The smallest absolute Gasteiger partial charge is 0.254 e. The number of rotatable bonds is 10. The fourth-order valence-corrected chi connectivity index (χ4v) is 5.53. The Balaban J connectivity index is 1.09. The summed E-state index contributed by atoms with van der Waals surface area (Å²) in [6, 6.07) is 15.2. The number of hydrogen-bond donors (Lipinski definition) is 1. The standard InChI is InChI=1S/C28H35N7O2/c1-2-7-25-24(6-1)22(19-29-11-4-13-33-15-17-36-18-16-33)8-9-26(25)37-20-23-5-3-14-34(23)27-10-12-30-28-31-21-32-35(27)28/h1-2,6-10,12,21,23,29H,3-5,11,13-20H2/t23-/m1/s1. The van der Waals surface area contributed by atoms with Gasteiger partial charge >= 0.3 is 0 Å². The number of ether oxygens (including phenoxy) is 2. The summed E-state index contributed by atoms with van der Waals surface area (Å²) in [5.74, 6) is 2.59. The highest BCUT2D eigenvalue weighted by molar-refractivity contribution is 5.91. The van der Waals surface area contributed by atoms with E-state index >= 15 is 0 Å². The Kier molecular flexibility index (Phi) is 7.43. The molecule has 4 heterocycles. The number of benzene rings is 2. The van der Waals surface area contributed by atoms with Crippen LogP contribution in [0.3, 0.4) is 0 Å². The first-order valence-electron chi connectivity index (χ1n) is 13.4. The average Bonchev–Trinajstić information content (AvgIpc) is 3.62. The number of morpholine rings is 1. The van der Waals surface area contributed by atoms with Crippen molar-refractivity contribution in [3.8, 4) is 5.75 Å². The van der Waals surface area contributed by atoms with Gasteiger partial charge in [-0.3, -0.25) is 4.90 Å². The van der Waals surface area contributed by atoms with E-state index < -0.39 is 0 Å². The fraction of sp³-hybridized carbons (Fsp3) is 0.464. The van der Waals surface area contributed by atoms with Crippen LogP contribution in [-0.2, 0) is 11.3 Å². The molecule has 2 saturated heterocycles. The lowest BCUT2D eigenvalue weighted by Crippen LogP contribution is -2.37. The molecular weight excluding hydrogens is 466 g/mol. The number of anilines is 1. The lowest BCUT2D eigenvalue weighted by Gasteiger charge is -2.27. The minimum absolute atomic E-state index is 0.279. The van der Waals surface area contributed by atoms with Gasteiger partial charge in [0.1, 0.15) is 24.5 Å². The zero-order valence-electron chi connectivity index (χ0n) is 21.3. The number of aromatic nitrogens is 4. The molecule has 2 fully saturated rings. The van der Waals surface area contributed by atoms with E-state index in [2.05, 4.69) is 66.6 Å². The molecule has 0 unspecified atom stereocenters. The molecule has 0 spiro atoms. The van der Waals surface area contributed by atoms with Gasteiger partial charge in [0.15, 0.2) is 0 Å². The second-order valence-electron chi connectivity index (χ2n) is 9.83. The Morgan fingerprint density at radius 2 is 1.89 bits per heavy atom. The van der Waals surface area contributed by atoms with Crippen molar-refractivity contribution >= 4 is 22.4 Å². The van der Waals surface area contributed by atoms with Gasteiger partial charge in [0.2, 0.25) is 0 Å². The SMILES string of the molecule is c1ccc2c(OC[C@H]3CCCN3c3ccnc4ncnn34)ccc(CNCCCN3CCOCC3)c2c1. The number of nitrogens with one attached hydrogen (secondary N) is 1. The molecule has 6 rings (SSSR count). The van der Waals surface area contributed by atoms with E-state index in [0.717, 1.165) is 83.3 Å². The van der Waals surface area contributed by atoms with Gasteiger partial charge in [-0.05, 0) is 55.4 Å². The van der Waals surface area contributed by atoms with Gasteiger partial charge in [0, 0.05) is 37.8 Å². The van der Waals surface area contributed by atoms with E-state index in [1.807, 2.05) is 10.6 Å². The molecule has 2 aliphatic rings. The summed E-state index contributed by atoms with van der Waals surface area (Å²) in [6.07, 6.45) is 6.72. The van der Waals surface area contributed by atoms with Gasteiger partial charge in [-0.2, -0.15) is 14.6 Å². The highest BCUT2D eigenvalue weighted by Crippen LogP contribution is 2.31. The molecule has 1 N–H and O–H groups in total. The molecule has 2 aliphatic heterocycles. The normalized spacial score (nSPS) is 18.7. The molecule has 9 nitrogen and oxygen atoms in total. The van der Waals surface area contributed by atoms with Crippen molar-refractivity contribution in [2.75, 3.05) is 57.4 Å². The lowest BCUT2D eigenvalue weighted by atomic mass is 10.0. The molecule has 0 amide bonds. The highest BCUT2D eigenvalue weighted by atomic mass is 16.5. The van der Waals surface area contributed by atoms with Crippen molar-refractivity contribution in [1.29, 1.82) is 0 Å². The Labute approximate surface area is 217 Å². The molecular formula is C28H35N7O2. The van der Waals surface area contributed by atoms with Crippen molar-refractivity contribution in [3.05, 3.63) is 60.6 Å². The van der Waals surface area contributed by atoms with Gasteiger partial charge in [-0.15, -0.1) is 0 Å². The van der Waals surface area contributed by atoms with Crippen LogP contribution in [0.2, 0.25) is 0 Å². The van der Waals surface area contributed by atoms with Crippen LogP contribution in [0.15, 0.2) is 55.0 Å². The Morgan fingerprint density at radius 1 is 1.00 bits per heavy atom. The zero-order chi connectivity index (χ0) is 24.9. The molecule has 0 saturated carbocycles. The van der Waals surface area contributed by atoms with Crippen LogP contribution in [0.4, 0.5) is 5.82 Å². The predicted molar refractivity (Wildman–Crippen MR) is 144 cm³/mol. The van der Waals surface area contributed by atoms with Crippen molar-refractivity contribution in [1.82, 2.24) is 29.8 Å². The van der Waals surface area contributed by atoms with E-state index in [9.17, 15) is 0 Å². The maximum atomic E-state index is 6.47. The minimum Gasteiger partial charge on any atom is -0.491 e. The van der Waals surface area contributed by atoms with E-state index in [-0.39, 0.29) is 6.04 Å². The third-order valence-electron chi connectivity index (χ3n) is 7.48.